The van der Waals surface area contributed by atoms with Gasteiger partial charge in [0.25, 0.3) is 0 Å². The number of Topliss-reactive ketones (excluding diaryl/α,β-unsaturated/α-hetero) is 1. The molecule has 3 saturated heterocycles. The zero-order valence-electron chi connectivity index (χ0n) is 68.0. The molecule has 3 spiro atoms. The van der Waals surface area contributed by atoms with Crippen molar-refractivity contribution in [1.82, 2.24) is 25.3 Å². The number of halogens is 1. The number of hydrogen-bond donors (Lipinski definition) is 11. The zero-order chi connectivity index (χ0) is 85.5. The fourth-order valence-electron chi connectivity index (χ4n) is 20.8. The van der Waals surface area contributed by atoms with E-state index >= 15 is 0 Å². The van der Waals surface area contributed by atoms with E-state index in [0.29, 0.717) is 110 Å². The van der Waals surface area contributed by atoms with E-state index in [1.165, 1.54) is 6.92 Å². The molecule has 120 heavy (non-hydrogen) atoms. The predicted octanol–water partition coefficient (Wildman–Crippen LogP) is 3.74. The summed E-state index contributed by atoms with van der Waals surface area (Å²) in [6, 6.07) is 16.8. The molecule has 12 aliphatic rings. The first-order valence-corrected chi connectivity index (χ1v) is 40.6. The highest BCUT2D eigenvalue weighted by molar-refractivity contribution is 5.91. The maximum atomic E-state index is 13.6. The number of piperidine rings is 3. The van der Waals surface area contributed by atoms with Gasteiger partial charge in [0, 0.05) is 95.1 Å². The van der Waals surface area contributed by atoms with Crippen LogP contribution < -0.4 is 24.8 Å². The number of ether oxygens (including phenoxy) is 8. The topological polar surface area (TPSA) is 460 Å². The summed E-state index contributed by atoms with van der Waals surface area (Å²) in [7, 11) is 5.98. The van der Waals surface area contributed by atoms with Crippen LogP contribution in [0.25, 0.3) is 0 Å². The van der Waals surface area contributed by atoms with Gasteiger partial charge in [-0.15, -0.1) is 12.4 Å². The molecule has 16 rings (SSSR count). The minimum absolute atomic E-state index is 0. The summed E-state index contributed by atoms with van der Waals surface area (Å²) in [5.41, 5.74) is 1.91. The minimum atomic E-state index is -1.60. The third-order valence-electron chi connectivity index (χ3n) is 26.8. The molecule has 4 aromatic carbocycles. The molecule has 646 valence electrons. The number of aliphatic hydroxyl groups excluding tert-OH is 4. The first-order chi connectivity index (χ1) is 56.6. The normalized spacial score (nSPS) is 29.1. The maximum absolute atomic E-state index is 13.6. The van der Waals surface area contributed by atoms with Crippen LogP contribution >= 0.6 is 12.4 Å². The molecule has 0 aromatic heterocycles. The minimum Gasteiger partial charge on any atom is -0.481 e. The number of carbonyl (C=O) groups is 10. The molecule has 0 unspecified atom stereocenters. The first kappa shape index (κ1) is 88.1. The van der Waals surface area contributed by atoms with E-state index in [4.69, 9.17) is 43.0 Å². The molecule has 33 heteroatoms. The number of esters is 5. The van der Waals surface area contributed by atoms with Crippen molar-refractivity contribution in [3.8, 4) is 17.2 Å². The van der Waals surface area contributed by atoms with Crippen LogP contribution in [0.5, 0.6) is 17.2 Å². The number of benzene rings is 4. The Morgan fingerprint density at radius 2 is 0.958 bits per heavy atom. The average molecular weight is 1690 g/mol. The Bertz CT molecular complexity index is 4880. The second kappa shape index (κ2) is 34.0. The molecule has 0 radical (unpaired) electrons. The number of nitrogens with zero attached hydrogens (tertiary/aromatic N) is 3. The molecule has 6 aliphatic carbocycles. The van der Waals surface area contributed by atoms with Gasteiger partial charge in [0.1, 0.15) is 52.7 Å². The number of amides is 2. The van der Waals surface area contributed by atoms with Gasteiger partial charge in [-0.2, -0.15) is 0 Å². The van der Waals surface area contributed by atoms with E-state index in [2.05, 4.69) is 25.3 Å². The van der Waals surface area contributed by atoms with E-state index in [9.17, 15) is 88.8 Å². The van der Waals surface area contributed by atoms with Gasteiger partial charge in [-0.05, 0) is 141 Å². The van der Waals surface area contributed by atoms with Crippen molar-refractivity contribution >= 4 is 71.8 Å². The number of likely N-dealkylation sites (tertiary alicyclic amines) is 3. The van der Waals surface area contributed by atoms with Crippen LogP contribution in [-0.4, -0.2) is 238 Å². The molecule has 4 aromatic rings. The third kappa shape index (κ3) is 14.6. The van der Waals surface area contributed by atoms with Crippen LogP contribution in [0.2, 0.25) is 0 Å². The maximum Gasteiger partial charge on any atom is 0.357 e. The Hall–Kier alpha value is -9.71. The second-order valence-electron chi connectivity index (χ2n) is 33.8. The summed E-state index contributed by atoms with van der Waals surface area (Å²) in [6.45, 7) is 8.85. The number of carboxylic acids is 2. The van der Waals surface area contributed by atoms with Gasteiger partial charge in [-0.1, -0.05) is 87.5 Å². The van der Waals surface area contributed by atoms with Crippen LogP contribution in [0.4, 0.5) is 0 Å². The lowest BCUT2D eigenvalue weighted by atomic mass is 9.50. The quantitative estimate of drug-likeness (QED) is 0.0315. The Morgan fingerprint density at radius 3 is 1.35 bits per heavy atom. The van der Waals surface area contributed by atoms with Crippen LogP contribution in [0.15, 0.2) is 102 Å². The first-order valence-electron chi connectivity index (χ1n) is 40.6. The molecule has 32 nitrogen and oxygen atoms in total. The summed E-state index contributed by atoms with van der Waals surface area (Å²) >= 11 is 0. The van der Waals surface area contributed by atoms with E-state index in [0.717, 1.165) is 46.8 Å². The molecule has 3 fully saturated rings. The van der Waals surface area contributed by atoms with Crippen LogP contribution in [0.1, 0.15) is 173 Å². The fourth-order valence-corrected chi connectivity index (χ4v) is 20.8. The van der Waals surface area contributed by atoms with Crippen molar-refractivity contribution < 1.29 is 132 Å². The standard InChI is InChI=1S/C31H38N2O12.C30H33NO7.C26H32N2O8.ClH/c1-15(35)20(36)13-23(37)32-19(6-7-24(38)39)29(41)43-16(2)28(40)44-21-8-9-31(42)22-12-17-4-5-18(14-34)26-25(17)30(31,27(21)45-26)10-11-33(22)3;1-3-7-23(33)37-26(18-8-5-4-6-9-18)28(34)36-21-12-13-30(35)22-16-19-10-11-20(17-32)25-24(19)29(30,27(21)38-25)14-15-31(22)2;1-13(2)23(31)27-16(24(32)33)11-19(30)35-17-6-7-26(34)18-10-14-4-5-15(12-29)21-20(14)25(26,22(17)36-21)8-9-28(18)3;/h4-5,8,16,19-20,22,27,34,36,42H,6-7,9-14H2,1-3H3,(H,32,37)(H,38,39);4-6,8-12,22,26-27,32,35H,3,7,13-17H2,1-2H3;4-6,13,16,18,22,29,34H,7-12H2,1-3H3,(H,27,31)(H,32,33);1H/t16-,19-,20-,22+,27-,30-,31+;22-,26-,27+,29+,30-;16-,18+,22-,25-,26+;/m010./s1. The number of ketones is 1. The van der Waals surface area contributed by atoms with E-state index in [-0.39, 0.29) is 87.6 Å². The smallest absolute Gasteiger partial charge is 0.357 e. The lowest BCUT2D eigenvalue weighted by Gasteiger charge is -2.61. The predicted molar refractivity (Wildman–Crippen MR) is 423 cm³/mol. The number of aliphatic carboxylic acids is 2. The molecule has 2 amide bonds. The van der Waals surface area contributed by atoms with Gasteiger partial charge in [0.05, 0.1) is 65.7 Å². The lowest BCUT2D eigenvalue weighted by Crippen LogP contribution is -2.74. The summed E-state index contributed by atoms with van der Waals surface area (Å²) in [5, 5.41) is 99.8. The number of nitrogens with one attached hydrogen (secondary N) is 2. The highest BCUT2D eigenvalue weighted by Crippen LogP contribution is 2.68. The average Bonchev–Trinajstić information content (AvgIpc) is 1.47. The highest BCUT2D eigenvalue weighted by Gasteiger charge is 2.75. The molecule has 17 atom stereocenters. The number of likely N-dealkylation sites (N-methyl/N-ethyl adjacent to an activating group) is 3. The Balaban J connectivity index is 0.000000156. The highest BCUT2D eigenvalue weighted by atomic mass is 35.5. The molecule has 0 saturated carbocycles. The number of hydrogen-bond acceptors (Lipinski definition) is 28. The van der Waals surface area contributed by atoms with Gasteiger partial charge in [0.2, 0.25) is 17.9 Å². The summed E-state index contributed by atoms with van der Waals surface area (Å²) in [4.78, 5) is 130. The number of carboxylic acid groups (broad SMARTS) is 2. The largest absolute Gasteiger partial charge is 0.481 e. The Labute approximate surface area is 698 Å². The van der Waals surface area contributed by atoms with E-state index in [1.807, 2.05) is 64.5 Å². The van der Waals surface area contributed by atoms with Crippen LogP contribution in [0, 0.1) is 5.92 Å². The summed E-state index contributed by atoms with van der Waals surface area (Å²) in [6.07, 6.45) is 1.21. The van der Waals surface area contributed by atoms with Gasteiger partial charge in [0.15, 0.2) is 30.2 Å². The summed E-state index contributed by atoms with van der Waals surface area (Å²) < 4.78 is 47.7. The van der Waals surface area contributed by atoms with Crippen molar-refractivity contribution in [2.75, 3.05) is 40.8 Å². The van der Waals surface area contributed by atoms with E-state index < -0.39 is 166 Å². The molecular formula is C87H104ClN5O27. The SMILES string of the molecule is CC(=O)[C@@H](O)CC(=O)N[C@@H](CCC(=O)O)C(=O)O[C@@H](C)C(=O)OC1=CC[C@@]2(O)[C@H]3Cc4ccc(CO)c5c4[C@@]2(CCN3C)[C@H]1O5.CC(C)C(=O)N[C@@H](CC(=O)OC1=CC[C@@]2(O)[C@H]3Cc4ccc(CO)c5c4[C@@]2(CCN3C)[C@H]1O5)C(=O)O.CCCC(=O)O[C@@H](C(=O)OC1=CC[C@@]2(O)[C@H]3Cc4ccc(CO)c5c4[C@@]2(CCN3C)[C@H]1O5)c1ccccc1.Cl. The zero-order valence-corrected chi connectivity index (χ0v) is 68.8. The van der Waals surface area contributed by atoms with Crippen LogP contribution in [0.3, 0.4) is 0 Å². The van der Waals surface area contributed by atoms with E-state index in [1.54, 1.807) is 62.4 Å². The molecular weight excluding hydrogens is 1580 g/mol. The third-order valence-corrected chi connectivity index (χ3v) is 26.8. The van der Waals surface area contributed by atoms with Crippen molar-refractivity contribution in [3.05, 3.63) is 158 Å². The number of aliphatic hydroxyl groups is 7. The van der Waals surface area contributed by atoms with Crippen LogP contribution in [-0.2, 0) is 127 Å². The summed E-state index contributed by atoms with van der Waals surface area (Å²) in [5.74, 6) is -6.88. The number of rotatable bonds is 26. The molecule has 6 bridgehead atoms. The molecule has 6 heterocycles. The monoisotopic (exact) mass is 1690 g/mol. The molecule has 11 N–H and O–H groups in total. The van der Waals surface area contributed by atoms with Gasteiger partial charge in [-0.3, -0.25) is 28.8 Å². The van der Waals surface area contributed by atoms with Gasteiger partial charge >= 0.3 is 41.8 Å². The van der Waals surface area contributed by atoms with Gasteiger partial charge < -0.3 is 109 Å². The molecule has 6 aliphatic heterocycles. The van der Waals surface area contributed by atoms with Crippen molar-refractivity contribution in [1.29, 1.82) is 0 Å². The van der Waals surface area contributed by atoms with Crippen molar-refractivity contribution in [3.63, 3.8) is 0 Å². The fraction of sp³-hybridized carbons (Fsp3) is 0.540. The van der Waals surface area contributed by atoms with Crippen molar-refractivity contribution in [2.24, 2.45) is 5.92 Å². The Kier molecular flexibility index (Phi) is 24.9. The second-order valence-corrected chi connectivity index (χ2v) is 33.8. The Morgan fingerprint density at radius 1 is 0.533 bits per heavy atom. The van der Waals surface area contributed by atoms with Crippen molar-refractivity contribution in [2.45, 2.75) is 251 Å². The van der Waals surface area contributed by atoms with Gasteiger partial charge in [-0.25, -0.2) is 19.2 Å². The number of carbonyl (C=O) groups excluding carboxylic acids is 8. The lowest BCUT2D eigenvalue weighted by molar-refractivity contribution is -0.176.